The molecule has 0 saturated heterocycles. The van der Waals surface area contributed by atoms with E-state index in [9.17, 15) is 0 Å². The number of hydrogen-bond donors (Lipinski definition) is 0. The van der Waals surface area contributed by atoms with Gasteiger partial charge < -0.3 is 4.42 Å². The fraction of sp³-hybridized carbons (Fsp3) is 0. The predicted molar refractivity (Wildman–Crippen MR) is 286 cm³/mol. The molecule has 0 aliphatic rings. The van der Waals surface area contributed by atoms with Crippen molar-refractivity contribution in [1.82, 2.24) is 0 Å². The summed E-state index contributed by atoms with van der Waals surface area (Å²) in [4.78, 5) is 0. The monoisotopic (exact) mass is 846 g/mol. The highest BCUT2D eigenvalue weighted by Gasteiger charge is 2.21. The van der Waals surface area contributed by atoms with Crippen LogP contribution in [0.2, 0.25) is 0 Å². The van der Waals surface area contributed by atoms with E-state index in [1.165, 1.54) is 114 Å². The first kappa shape index (κ1) is 36.5. The molecule has 0 unspecified atom stereocenters. The third kappa shape index (κ3) is 5.37. The fourth-order valence-corrected chi connectivity index (χ4v) is 11.6. The summed E-state index contributed by atoms with van der Waals surface area (Å²) in [5, 5.41) is 20.0. The zero-order valence-electron chi connectivity index (χ0n) is 36.3. The lowest BCUT2D eigenvalue weighted by Gasteiger charge is -2.17. The molecule has 0 aliphatic heterocycles. The van der Waals surface area contributed by atoms with Crippen LogP contribution >= 0.6 is 0 Å². The normalized spacial score (nSPS) is 12.2. The van der Waals surface area contributed by atoms with Gasteiger partial charge in [-0.25, -0.2) is 0 Å². The molecule has 0 aliphatic carbocycles. The van der Waals surface area contributed by atoms with E-state index < -0.39 is 0 Å². The van der Waals surface area contributed by atoms with Crippen molar-refractivity contribution in [2.45, 2.75) is 0 Å². The Balaban J connectivity index is 0.924. The van der Waals surface area contributed by atoms with E-state index >= 15 is 0 Å². The fourth-order valence-electron chi connectivity index (χ4n) is 11.6. The van der Waals surface area contributed by atoms with Gasteiger partial charge in [0, 0.05) is 16.3 Å². The van der Waals surface area contributed by atoms with Gasteiger partial charge in [0.1, 0.15) is 11.2 Å². The molecule has 0 atom stereocenters. The minimum atomic E-state index is 0.901. The standard InChI is InChI=1S/C66H38O/c1-3-9-40(10-4-1)50-27-19-43-24-33-56-52(29-21-44-23-31-54(50)62(43)63(44)56)42-17-15-39(16-18-42)49-36-59(66-60(37-49)58-35-47-13-7-8-14-48(47)38-61(58)67-66)53-30-22-46-25-32-55-51(41-11-5-2-6-12-41)28-20-45-26-34-57(53)65(46)64(45)55/h1-38H. The maximum atomic E-state index is 7.00. The van der Waals surface area contributed by atoms with Crippen molar-refractivity contribution in [3.8, 4) is 55.6 Å². The topological polar surface area (TPSA) is 13.1 Å². The Kier molecular flexibility index (Phi) is 7.56. The van der Waals surface area contributed by atoms with E-state index in [-0.39, 0.29) is 0 Å². The maximum absolute atomic E-state index is 7.00. The SMILES string of the molecule is c1ccc(-c2ccc3ccc4c(-c5ccc(-c6cc(-c7ccc8ccc9c(-c%10ccccc%10)ccc%10ccc7c8c%109)c7oc8cc9ccccc9cc8c7c6)cc5)ccc5ccc2c3c54)cc1. The highest BCUT2D eigenvalue weighted by Crippen LogP contribution is 2.47. The van der Waals surface area contributed by atoms with E-state index in [0.29, 0.717) is 0 Å². The van der Waals surface area contributed by atoms with Crippen molar-refractivity contribution >= 4 is 97.3 Å². The Hall–Kier alpha value is -8.78. The molecule has 0 saturated carbocycles. The number of rotatable bonds is 5. The number of furan rings is 1. The van der Waals surface area contributed by atoms with Crippen LogP contribution in [0.25, 0.3) is 153 Å². The van der Waals surface area contributed by atoms with Gasteiger partial charge in [0.2, 0.25) is 0 Å². The molecule has 0 amide bonds. The molecule has 0 N–H and O–H groups in total. The molecule has 15 aromatic rings. The number of hydrogen-bond acceptors (Lipinski definition) is 1. The van der Waals surface area contributed by atoms with Crippen LogP contribution in [0.1, 0.15) is 0 Å². The van der Waals surface area contributed by atoms with Crippen LogP contribution in [-0.4, -0.2) is 0 Å². The summed E-state index contributed by atoms with van der Waals surface area (Å²) in [6, 6.07) is 85.3. The third-order valence-electron chi connectivity index (χ3n) is 14.8. The van der Waals surface area contributed by atoms with Crippen molar-refractivity contribution < 1.29 is 4.42 Å². The first-order chi connectivity index (χ1) is 33.2. The molecule has 0 radical (unpaired) electrons. The molecule has 0 spiro atoms. The molecule has 1 heteroatoms. The highest BCUT2D eigenvalue weighted by atomic mass is 16.3. The molecule has 1 nitrogen and oxygen atoms in total. The van der Waals surface area contributed by atoms with Crippen molar-refractivity contribution in [3.05, 3.63) is 231 Å². The van der Waals surface area contributed by atoms with Crippen LogP contribution in [0.4, 0.5) is 0 Å². The lowest BCUT2D eigenvalue weighted by atomic mass is 9.86. The number of fused-ring (bicyclic) bond motifs is 4. The van der Waals surface area contributed by atoms with Gasteiger partial charge >= 0.3 is 0 Å². The Labute approximate surface area is 386 Å². The number of benzene rings is 14. The van der Waals surface area contributed by atoms with Gasteiger partial charge in [-0.1, -0.05) is 206 Å². The van der Waals surface area contributed by atoms with Crippen LogP contribution in [0, 0.1) is 0 Å². The Morgan fingerprint density at radius 3 is 1.12 bits per heavy atom. The van der Waals surface area contributed by atoms with Crippen LogP contribution in [-0.2, 0) is 0 Å². The summed E-state index contributed by atoms with van der Waals surface area (Å²) in [7, 11) is 0. The Morgan fingerprint density at radius 2 is 0.612 bits per heavy atom. The van der Waals surface area contributed by atoms with E-state index in [0.717, 1.165) is 38.6 Å². The van der Waals surface area contributed by atoms with Gasteiger partial charge in [0.15, 0.2) is 0 Å². The summed E-state index contributed by atoms with van der Waals surface area (Å²) in [6.45, 7) is 0. The first-order valence-electron chi connectivity index (χ1n) is 23.2. The van der Waals surface area contributed by atoms with Crippen LogP contribution in [0.3, 0.4) is 0 Å². The molecule has 67 heavy (non-hydrogen) atoms. The average Bonchev–Trinajstić information content (AvgIpc) is 3.76. The second-order valence-electron chi connectivity index (χ2n) is 18.3. The van der Waals surface area contributed by atoms with Crippen molar-refractivity contribution in [2.75, 3.05) is 0 Å². The van der Waals surface area contributed by atoms with Crippen LogP contribution in [0.15, 0.2) is 235 Å². The van der Waals surface area contributed by atoms with Gasteiger partial charge in [-0.15, -0.1) is 0 Å². The van der Waals surface area contributed by atoms with Crippen molar-refractivity contribution in [1.29, 1.82) is 0 Å². The second-order valence-corrected chi connectivity index (χ2v) is 18.3. The lowest BCUT2D eigenvalue weighted by molar-refractivity contribution is 0.670. The minimum absolute atomic E-state index is 0.901. The van der Waals surface area contributed by atoms with Gasteiger partial charge in [0.25, 0.3) is 0 Å². The van der Waals surface area contributed by atoms with Gasteiger partial charge in [-0.05, 0) is 150 Å². The smallest absolute Gasteiger partial charge is 0.143 e. The second kappa shape index (κ2) is 13.9. The van der Waals surface area contributed by atoms with Gasteiger partial charge in [-0.3, -0.25) is 0 Å². The van der Waals surface area contributed by atoms with Crippen LogP contribution in [0.5, 0.6) is 0 Å². The summed E-state index contributed by atoms with van der Waals surface area (Å²) in [5.41, 5.74) is 13.8. The van der Waals surface area contributed by atoms with E-state index in [1.807, 2.05) is 0 Å². The molecule has 0 fully saturated rings. The lowest BCUT2D eigenvalue weighted by Crippen LogP contribution is -1.90. The molecule has 1 heterocycles. The van der Waals surface area contributed by atoms with Gasteiger partial charge in [-0.2, -0.15) is 0 Å². The summed E-state index contributed by atoms with van der Waals surface area (Å²) >= 11 is 0. The molecule has 0 bridgehead atoms. The quantitative estimate of drug-likeness (QED) is 0.157. The minimum Gasteiger partial charge on any atom is -0.455 e. The van der Waals surface area contributed by atoms with E-state index in [2.05, 4.69) is 231 Å². The van der Waals surface area contributed by atoms with Crippen molar-refractivity contribution in [2.24, 2.45) is 0 Å². The maximum Gasteiger partial charge on any atom is 0.143 e. The average molecular weight is 847 g/mol. The molecule has 14 aromatic carbocycles. The molecule has 308 valence electrons. The summed E-state index contributed by atoms with van der Waals surface area (Å²) < 4.78 is 7.00. The summed E-state index contributed by atoms with van der Waals surface area (Å²) in [5.74, 6) is 0. The zero-order valence-corrected chi connectivity index (χ0v) is 36.3. The van der Waals surface area contributed by atoms with Gasteiger partial charge in [0.05, 0.1) is 0 Å². The van der Waals surface area contributed by atoms with E-state index in [1.54, 1.807) is 0 Å². The molecule has 1 aromatic heterocycles. The zero-order chi connectivity index (χ0) is 43.7. The Morgan fingerprint density at radius 1 is 0.209 bits per heavy atom. The molecular formula is C66H38O. The summed E-state index contributed by atoms with van der Waals surface area (Å²) in [6.07, 6.45) is 0. The van der Waals surface area contributed by atoms with E-state index in [4.69, 9.17) is 4.42 Å². The molecule has 15 rings (SSSR count). The first-order valence-corrected chi connectivity index (χ1v) is 23.2. The third-order valence-corrected chi connectivity index (χ3v) is 14.8. The van der Waals surface area contributed by atoms with Crippen molar-refractivity contribution in [3.63, 3.8) is 0 Å². The Bertz CT molecular complexity index is 4460. The largest absolute Gasteiger partial charge is 0.455 e. The van der Waals surface area contributed by atoms with Crippen LogP contribution < -0.4 is 0 Å². The highest BCUT2D eigenvalue weighted by molar-refractivity contribution is 6.30. The molecular weight excluding hydrogens is 809 g/mol. The predicted octanol–water partition coefficient (Wildman–Crippen LogP) is 18.9.